The van der Waals surface area contributed by atoms with Crippen LogP contribution < -0.4 is 0 Å². The number of carbonyl (C=O) groups is 1. The molecule has 0 aliphatic rings. The lowest BCUT2D eigenvalue weighted by molar-refractivity contribution is -0.133. The molecule has 0 saturated carbocycles. The first-order valence-corrected chi connectivity index (χ1v) is 7.35. The Labute approximate surface area is 120 Å². The van der Waals surface area contributed by atoms with E-state index >= 15 is 0 Å². The first-order valence-electron chi connectivity index (χ1n) is 5.44. The van der Waals surface area contributed by atoms with Crippen molar-refractivity contribution < 1.29 is 4.79 Å². The molecule has 0 fully saturated rings. The van der Waals surface area contributed by atoms with Gasteiger partial charge >= 0.3 is 0 Å². The van der Waals surface area contributed by atoms with E-state index in [1.54, 1.807) is 4.90 Å². The molecule has 0 aliphatic heterocycles. The number of amides is 1. The normalized spacial score (nSPS) is 11.4. The largest absolute Gasteiger partial charge is 0.340 e. The minimum atomic E-state index is -0.164. The van der Waals surface area contributed by atoms with Gasteiger partial charge in [-0.1, -0.05) is 44.0 Å². The molecule has 0 heterocycles. The van der Waals surface area contributed by atoms with Crippen molar-refractivity contribution in [2.45, 2.75) is 25.8 Å². The summed E-state index contributed by atoms with van der Waals surface area (Å²) in [4.78, 5) is 13.9. The highest BCUT2D eigenvalue weighted by Gasteiger charge is 2.26. The lowest BCUT2D eigenvalue weighted by atomic mass is 10.0. The van der Waals surface area contributed by atoms with Crippen LogP contribution in [0.5, 0.6) is 0 Å². The Balaban J connectivity index is 2.73. The first kappa shape index (κ1) is 14.7. The summed E-state index contributed by atoms with van der Waals surface area (Å²) in [6.45, 7) is 4.08. The van der Waals surface area contributed by atoms with Gasteiger partial charge < -0.3 is 4.90 Å². The summed E-state index contributed by atoms with van der Waals surface area (Å²) in [6.07, 6.45) is 0.437. The SMILES string of the molecule is CN(C(=O)Cc1cccc(Br)c1)C(C)(C)CBr. The quantitative estimate of drug-likeness (QED) is 0.749. The van der Waals surface area contributed by atoms with Crippen LogP contribution in [0, 0.1) is 0 Å². The van der Waals surface area contributed by atoms with Crippen LogP contribution in [0.25, 0.3) is 0 Å². The van der Waals surface area contributed by atoms with E-state index in [4.69, 9.17) is 0 Å². The van der Waals surface area contributed by atoms with Crippen LogP contribution in [-0.4, -0.2) is 28.7 Å². The van der Waals surface area contributed by atoms with Crippen molar-refractivity contribution in [3.8, 4) is 0 Å². The van der Waals surface area contributed by atoms with Gasteiger partial charge in [-0.15, -0.1) is 0 Å². The Morgan fingerprint density at radius 1 is 1.41 bits per heavy atom. The molecular weight excluding hydrogens is 346 g/mol. The molecule has 2 nitrogen and oxygen atoms in total. The van der Waals surface area contributed by atoms with Crippen LogP contribution in [0.3, 0.4) is 0 Å². The fourth-order valence-corrected chi connectivity index (χ4v) is 2.19. The molecule has 0 aliphatic carbocycles. The summed E-state index contributed by atoms with van der Waals surface area (Å²) in [5.74, 6) is 0.132. The molecule has 1 aromatic rings. The van der Waals surface area contributed by atoms with Crippen LogP contribution in [0.1, 0.15) is 19.4 Å². The molecule has 0 spiro atoms. The van der Waals surface area contributed by atoms with E-state index in [0.29, 0.717) is 6.42 Å². The number of rotatable bonds is 4. The van der Waals surface area contributed by atoms with Gasteiger partial charge in [0, 0.05) is 22.4 Å². The van der Waals surface area contributed by atoms with E-state index in [1.165, 1.54) is 0 Å². The van der Waals surface area contributed by atoms with E-state index in [9.17, 15) is 4.79 Å². The lowest BCUT2D eigenvalue weighted by Crippen LogP contribution is -2.46. The van der Waals surface area contributed by atoms with Gasteiger partial charge in [-0.3, -0.25) is 4.79 Å². The predicted molar refractivity (Wildman–Crippen MR) is 78.5 cm³/mol. The average Bonchev–Trinajstić information content (AvgIpc) is 2.28. The maximum absolute atomic E-state index is 12.1. The number of alkyl halides is 1. The van der Waals surface area contributed by atoms with E-state index in [1.807, 2.05) is 45.2 Å². The molecule has 0 radical (unpaired) electrons. The zero-order chi connectivity index (χ0) is 13.1. The molecule has 0 N–H and O–H groups in total. The highest BCUT2D eigenvalue weighted by molar-refractivity contribution is 9.10. The van der Waals surface area contributed by atoms with Crippen LogP contribution in [0.4, 0.5) is 0 Å². The van der Waals surface area contributed by atoms with Crippen molar-refractivity contribution in [1.29, 1.82) is 0 Å². The average molecular weight is 363 g/mol. The molecule has 0 saturated heterocycles. The highest BCUT2D eigenvalue weighted by Crippen LogP contribution is 2.18. The second-order valence-corrected chi connectivity index (χ2v) is 6.18. The minimum absolute atomic E-state index is 0.132. The predicted octanol–water partition coefficient (Wildman–Crippen LogP) is 3.62. The van der Waals surface area contributed by atoms with Crippen molar-refractivity contribution in [2.75, 3.05) is 12.4 Å². The molecular formula is C13H17Br2NO. The lowest BCUT2D eigenvalue weighted by Gasteiger charge is -2.34. The van der Waals surface area contributed by atoms with Gasteiger partial charge in [-0.2, -0.15) is 0 Å². The second kappa shape index (κ2) is 6.01. The molecule has 17 heavy (non-hydrogen) atoms. The standard InChI is InChI=1S/C13H17Br2NO/c1-13(2,9-14)16(3)12(17)8-10-5-4-6-11(15)7-10/h4-7H,8-9H2,1-3H3. The third-order valence-electron chi connectivity index (χ3n) is 2.85. The van der Waals surface area contributed by atoms with Crippen molar-refractivity contribution in [2.24, 2.45) is 0 Å². The fourth-order valence-electron chi connectivity index (χ4n) is 1.37. The van der Waals surface area contributed by atoms with Crippen molar-refractivity contribution in [3.05, 3.63) is 34.3 Å². The summed E-state index contributed by atoms with van der Waals surface area (Å²) < 4.78 is 1.00. The molecule has 0 bridgehead atoms. The van der Waals surface area contributed by atoms with Gasteiger partial charge in [0.05, 0.1) is 6.42 Å². The smallest absolute Gasteiger partial charge is 0.227 e. The second-order valence-electron chi connectivity index (χ2n) is 4.71. The zero-order valence-corrected chi connectivity index (χ0v) is 13.5. The molecule has 1 rings (SSSR count). The number of likely N-dealkylation sites (N-methyl/N-ethyl adjacent to an activating group) is 1. The number of benzene rings is 1. The Morgan fingerprint density at radius 2 is 2.06 bits per heavy atom. The van der Waals surface area contributed by atoms with Gasteiger partial charge in [0.15, 0.2) is 0 Å². The number of carbonyl (C=O) groups excluding carboxylic acids is 1. The van der Waals surface area contributed by atoms with Gasteiger partial charge in [-0.05, 0) is 31.5 Å². The Kier molecular flexibility index (Phi) is 5.20. The van der Waals surface area contributed by atoms with Gasteiger partial charge in [-0.25, -0.2) is 0 Å². The third-order valence-corrected chi connectivity index (χ3v) is 4.72. The number of halogens is 2. The van der Waals surface area contributed by atoms with Crippen molar-refractivity contribution in [1.82, 2.24) is 4.90 Å². The fraction of sp³-hybridized carbons (Fsp3) is 0.462. The Hall–Kier alpha value is -0.350. The molecule has 1 aromatic carbocycles. The van der Waals surface area contributed by atoms with E-state index in [-0.39, 0.29) is 11.4 Å². The van der Waals surface area contributed by atoms with Gasteiger partial charge in [0.1, 0.15) is 0 Å². The number of nitrogens with zero attached hydrogens (tertiary/aromatic N) is 1. The summed E-state index contributed by atoms with van der Waals surface area (Å²) in [6, 6.07) is 7.85. The maximum Gasteiger partial charge on any atom is 0.227 e. The van der Waals surface area contributed by atoms with E-state index in [2.05, 4.69) is 31.9 Å². The topological polar surface area (TPSA) is 20.3 Å². The van der Waals surface area contributed by atoms with Crippen LogP contribution in [0.2, 0.25) is 0 Å². The molecule has 94 valence electrons. The zero-order valence-electron chi connectivity index (χ0n) is 10.3. The molecule has 0 unspecified atom stereocenters. The number of hydrogen-bond acceptors (Lipinski definition) is 1. The van der Waals surface area contributed by atoms with E-state index in [0.717, 1.165) is 15.4 Å². The first-order chi connectivity index (χ1) is 7.86. The molecule has 0 atom stereocenters. The Morgan fingerprint density at radius 3 is 2.59 bits per heavy atom. The number of hydrogen-bond donors (Lipinski definition) is 0. The molecule has 4 heteroatoms. The van der Waals surface area contributed by atoms with Crippen molar-refractivity contribution in [3.63, 3.8) is 0 Å². The summed E-state index contributed by atoms with van der Waals surface area (Å²) in [5, 5.41) is 0.765. The summed E-state index contributed by atoms with van der Waals surface area (Å²) in [5.41, 5.74) is 0.866. The third kappa shape index (κ3) is 4.11. The van der Waals surface area contributed by atoms with Crippen molar-refractivity contribution >= 4 is 37.8 Å². The molecule has 0 aromatic heterocycles. The van der Waals surface area contributed by atoms with Crippen LogP contribution in [0.15, 0.2) is 28.7 Å². The van der Waals surface area contributed by atoms with Gasteiger partial charge in [0.2, 0.25) is 5.91 Å². The molecule has 1 amide bonds. The summed E-state index contributed by atoms with van der Waals surface area (Å²) in [7, 11) is 1.85. The maximum atomic E-state index is 12.1. The van der Waals surface area contributed by atoms with E-state index < -0.39 is 0 Å². The monoisotopic (exact) mass is 361 g/mol. The Bertz CT molecular complexity index is 404. The van der Waals surface area contributed by atoms with Gasteiger partial charge in [0.25, 0.3) is 0 Å². The minimum Gasteiger partial charge on any atom is -0.340 e. The highest BCUT2D eigenvalue weighted by atomic mass is 79.9. The summed E-state index contributed by atoms with van der Waals surface area (Å²) >= 11 is 6.85. The van der Waals surface area contributed by atoms with Crippen LogP contribution >= 0.6 is 31.9 Å². The van der Waals surface area contributed by atoms with Crippen LogP contribution in [-0.2, 0) is 11.2 Å².